The Morgan fingerprint density at radius 1 is 1.29 bits per heavy atom. The van der Waals surface area contributed by atoms with Crippen LogP contribution < -0.4 is 5.46 Å². The summed E-state index contributed by atoms with van der Waals surface area (Å²) in [4.78, 5) is 12.2. The molecule has 0 saturated heterocycles. The van der Waals surface area contributed by atoms with Crippen molar-refractivity contribution in [3.63, 3.8) is 0 Å². The summed E-state index contributed by atoms with van der Waals surface area (Å²) in [6.07, 6.45) is 1.00. The Balaban J connectivity index is 1.50. The molecule has 3 nitrogen and oxygen atoms in total. The lowest BCUT2D eigenvalue weighted by Crippen LogP contribution is -2.29. The van der Waals surface area contributed by atoms with Crippen LogP contribution in [0, 0.1) is 5.82 Å². The zero-order chi connectivity index (χ0) is 16.9. The minimum absolute atomic E-state index is 0.0476. The minimum atomic E-state index is -1.06. The SMILES string of the molecule is O=C(CCCSCc1ccccc1)c1cc2c(cc1F)COB2O. The van der Waals surface area contributed by atoms with Gasteiger partial charge in [0, 0.05) is 12.2 Å². The van der Waals surface area contributed by atoms with E-state index in [2.05, 4.69) is 12.1 Å². The summed E-state index contributed by atoms with van der Waals surface area (Å²) in [5.74, 6) is 0.994. The zero-order valence-corrected chi connectivity index (χ0v) is 14.0. The first kappa shape index (κ1) is 17.2. The molecule has 0 radical (unpaired) electrons. The van der Waals surface area contributed by atoms with E-state index in [-0.39, 0.29) is 18.0 Å². The number of hydrogen-bond acceptors (Lipinski definition) is 4. The molecule has 1 aliphatic heterocycles. The average molecular weight is 344 g/mol. The highest BCUT2D eigenvalue weighted by Gasteiger charge is 2.29. The van der Waals surface area contributed by atoms with Crippen molar-refractivity contribution >= 4 is 30.1 Å². The molecule has 24 heavy (non-hydrogen) atoms. The second-order valence-electron chi connectivity index (χ2n) is 5.76. The number of rotatable bonds is 7. The van der Waals surface area contributed by atoms with Crippen LogP contribution in [-0.2, 0) is 17.0 Å². The lowest BCUT2D eigenvalue weighted by atomic mass is 9.78. The topological polar surface area (TPSA) is 46.5 Å². The highest BCUT2D eigenvalue weighted by atomic mass is 32.2. The van der Waals surface area contributed by atoms with E-state index in [1.807, 2.05) is 18.2 Å². The van der Waals surface area contributed by atoms with E-state index in [0.717, 1.165) is 11.5 Å². The Morgan fingerprint density at radius 2 is 2.08 bits per heavy atom. The maximum Gasteiger partial charge on any atom is 0.491 e. The van der Waals surface area contributed by atoms with Crippen LogP contribution in [0.15, 0.2) is 42.5 Å². The second kappa shape index (κ2) is 7.97. The quantitative estimate of drug-likeness (QED) is 0.477. The van der Waals surface area contributed by atoms with Crippen LogP contribution in [0.25, 0.3) is 0 Å². The van der Waals surface area contributed by atoms with Gasteiger partial charge in [-0.25, -0.2) is 4.39 Å². The highest BCUT2D eigenvalue weighted by Crippen LogP contribution is 2.18. The third-order valence-corrected chi connectivity index (χ3v) is 5.11. The Bertz CT molecular complexity index is 724. The van der Waals surface area contributed by atoms with Crippen LogP contribution in [0.3, 0.4) is 0 Å². The summed E-state index contributed by atoms with van der Waals surface area (Å²) < 4.78 is 19.1. The predicted molar refractivity (Wildman–Crippen MR) is 95.0 cm³/mol. The molecule has 0 atom stereocenters. The molecule has 2 aromatic rings. The van der Waals surface area contributed by atoms with Gasteiger partial charge in [-0.3, -0.25) is 4.79 Å². The Hall–Kier alpha value is -1.63. The fourth-order valence-electron chi connectivity index (χ4n) is 2.69. The van der Waals surface area contributed by atoms with Crippen molar-refractivity contribution in [1.82, 2.24) is 0 Å². The molecule has 0 saturated carbocycles. The largest absolute Gasteiger partial charge is 0.491 e. The van der Waals surface area contributed by atoms with Gasteiger partial charge in [-0.05, 0) is 40.9 Å². The number of Topliss-reactive ketones (excluding diaryl/α,β-unsaturated/α-hetero) is 1. The minimum Gasteiger partial charge on any atom is -0.423 e. The molecule has 124 valence electrons. The molecule has 0 aliphatic carbocycles. The summed E-state index contributed by atoms with van der Waals surface area (Å²) in [6.45, 7) is 0.179. The highest BCUT2D eigenvalue weighted by molar-refractivity contribution is 7.98. The monoisotopic (exact) mass is 344 g/mol. The van der Waals surface area contributed by atoms with Gasteiger partial charge in [0.2, 0.25) is 0 Å². The third kappa shape index (κ3) is 4.07. The van der Waals surface area contributed by atoms with Gasteiger partial charge in [0.15, 0.2) is 5.78 Å². The maximum absolute atomic E-state index is 14.1. The van der Waals surface area contributed by atoms with Crippen molar-refractivity contribution in [3.05, 3.63) is 65.0 Å². The summed E-state index contributed by atoms with van der Waals surface area (Å²) in [5, 5.41) is 9.67. The Morgan fingerprint density at radius 3 is 2.88 bits per heavy atom. The van der Waals surface area contributed by atoms with Crippen molar-refractivity contribution in [2.75, 3.05) is 5.75 Å². The van der Waals surface area contributed by atoms with Crippen LogP contribution in [-0.4, -0.2) is 23.7 Å². The summed E-state index contributed by atoms with van der Waals surface area (Å²) in [5.41, 5.74) is 2.41. The lowest BCUT2D eigenvalue weighted by molar-refractivity contribution is 0.0978. The summed E-state index contributed by atoms with van der Waals surface area (Å²) in [7, 11) is -1.06. The number of ketones is 1. The van der Waals surface area contributed by atoms with E-state index >= 15 is 0 Å². The van der Waals surface area contributed by atoms with Gasteiger partial charge in [0.05, 0.1) is 12.2 Å². The first-order valence-electron chi connectivity index (χ1n) is 7.92. The predicted octanol–water partition coefficient (Wildman–Crippen LogP) is 2.94. The van der Waals surface area contributed by atoms with Gasteiger partial charge < -0.3 is 9.68 Å². The van der Waals surface area contributed by atoms with Gasteiger partial charge >= 0.3 is 7.12 Å². The molecule has 0 amide bonds. The third-order valence-electron chi connectivity index (χ3n) is 4.00. The molecular formula is C18H18BFO3S. The number of halogens is 1. The average Bonchev–Trinajstić information content (AvgIpc) is 2.94. The number of fused-ring (bicyclic) bond motifs is 1. The normalized spacial score (nSPS) is 13.2. The lowest BCUT2D eigenvalue weighted by Gasteiger charge is -2.06. The molecule has 1 aliphatic rings. The molecule has 0 bridgehead atoms. The molecule has 1 heterocycles. The van der Waals surface area contributed by atoms with Crippen molar-refractivity contribution in [3.8, 4) is 0 Å². The molecule has 3 rings (SSSR count). The van der Waals surface area contributed by atoms with Crippen LogP contribution >= 0.6 is 11.8 Å². The van der Waals surface area contributed by atoms with Gasteiger partial charge in [0.25, 0.3) is 0 Å². The van der Waals surface area contributed by atoms with E-state index in [0.29, 0.717) is 23.9 Å². The van der Waals surface area contributed by atoms with E-state index in [9.17, 15) is 14.2 Å². The van der Waals surface area contributed by atoms with E-state index in [1.165, 1.54) is 17.7 Å². The van der Waals surface area contributed by atoms with Crippen molar-refractivity contribution in [2.24, 2.45) is 0 Å². The Kier molecular flexibility index (Phi) is 5.71. The molecule has 1 N–H and O–H groups in total. The number of carbonyl (C=O) groups is 1. The number of carbonyl (C=O) groups excluding carboxylic acids is 1. The van der Waals surface area contributed by atoms with Crippen LogP contribution in [0.1, 0.15) is 34.3 Å². The van der Waals surface area contributed by atoms with E-state index in [4.69, 9.17) is 4.65 Å². The van der Waals surface area contributed by atoms with E-state index < -0.39 is 12.9 Å². The van der Waals surface area contributed by atoms with Gasteiger partial charge in [-0.15, -0.1) is 0 Å². The Labute approximate surface area is 145 Å². The van der Waals surface area contributed by atoms with Crippen LogP contribution in [0.2, 0.25) is 0 Å². The summed E-state index contributed by atoms with van der Waals surface area (Å²) in [6, 6.07) is 12.9. The second-order valence-corrected chi connectivity index (χ2v) is 6.86. The van der Waals surface area contributed by atoms with Crippen molar-refractivity contribution in [1.29, 1.82) is 0 Å². The van der Waals surface area contributed by atoms with Gasteiger partial charge in [0.1, 0.15) is 5.82 Å². The number of hydrogen-bond donors (Lipinski definition) is 1. The molecule has 0 spiro atoms. The first-order valence-corrected chi connectivity index (χ1v) is 9.07. The molecular weight excluding hydrogens is 326 g/mol. The number of benzene rings is 2. The molecule has 0 unspecified atom stereocenters. The van der Waals surface area contributed by atoms with E-state index in [1.54, 1.807) is 11.8 Å². The fraction of sp³-hybridized carbons (Fsp3) is 0.278. The van der Waals surface area contributed by atoms with Crippen molar-refractivity contribution < 1.29 is 18.9 Å². The standard InChI is InChI=1S/C18H18BFO3S/c20-17-9-14-11-23-19(22)16(14)10-15(17)18(21)7-4-8-24-12-13-5-2-1-3-6-13/h1-3,5-6,9-10,22H,4,7-8,11-12H2. The van der Waals surface area contributed by atoms with Crippen LogP contribution in [0.4, 0.5) is 4.39 Å². The first-order chi connectivity index (χ1) is 11.6. The summed E-state index contributed by atoms with van der Waals surface area (Å²) >= 11 is 1.76. The smallest absolute Gasteiger partial charge is 0.423 e. The zero-order valence-electron chi connectivity index (χ0n) is 13.2. The fourth-order valence-corrected chi connectivity index (χ4v) is 3.61. The number of thioether (sulfide) groups is 1. The molecule has 6 heteroatoms. The molecule has 2 aromatic carbocycles. The van der Waals surface area contributed by atoms with Crippen LogP contribution in [0.5, 0.6) is 0 Å². The van der Waals surface area contributed by atoms with Gasteiger partial charge in [-0.2, -0.15) is 11.8 Å². The van der Waals surface area contributed by atoms with Gasteiger partial charge in [-0.1, -0.05) is 30.3 Å². The maximum atomic E-state index is 14.1. The molecule has 0 fully saturated rings. The molecule has 0 aromatic heterocycles. The van der Waals surface area contributed by atoms with Crippen molar-refractivity contribution in [2.45, 2.75) is 25.2 Å².